The summed E-state index contributed by atoms with van der Waals surface area (Å²) < 4.78 is 28.0. The summed E-state index contributed by atoms with van der Waals surface area (Å²) in [4.78, 5) is 12.8. The van der Waals surface area contributed by atoms with E-state index in [-0.39, 0.29) is 23.4 Å². The van der Waals surface area contributed by atoms with Gasteiger partial charge >= 0.3 is 0 Å². The van der Waals surface area contributed by atoms with Crippen LogP contribution in [-0.4, -0.2) is 24.7 Å². The Morgan fingerprint density at radius 1 is 0.935 bits per heavy atom. The predicted octanol–water partition coefficient (Wildman–Crippen LogP) is 5.16. The number of carbonyl (C=O) groups is 1. The molecular formula is C25H28N2O3S. The summed E-state index contributed by atoms with van der Waals surface area (Å²) in [5, 5.41) is 2.90. The number of hydrogen-bond acceptors (Lipinski definition) is 3. The maximum Gasteiger partial charge on any atom is 0.255 e. The van der Waals surface area contributed by atoms with Gasteiger partial charge in [-0.2, -0.15) is 4.31 Å². The number of benzene rings is 3. The van der Waals surface area contributed by atoms with Crippen molar-refractivity contribution in [2.24, 2.45) is 0 Å². The van der Waals surface area contributed by atoms with Crippen LogP contribution >= 0.6 is 0 Å². The van der Waals surface area contributed by atoms with Crippen LogP contribution in [0.4, 0.5) is 5.69 Å². The van der Waals surface area contributed by atoms with E-state index in [9.17, 15) is 13.2 Å². The van der Waals surface area contributed by atoms with Gasteiger partial charge in [0, 0.05) is 23.8 Å². The Kier molecular flexibility index (Phi) is 6.93. The van der Waals surface area contributed by atoms with E-state index in [1.165, 1.54) is 16.4 Å². The Labute approximate surface area is 184 Å². The summed E-state index contributed by atoms with van der Waals surface area (Å²) in [6.45, 7) is 7.89. The van der Waals surface area contributed by atoms with Crippen LogP contribution < -0.4 is 5.32 Å². The molecule has 0 saturated heterocycles. The van der Waals surface area contributed by atoms with E-state index in [4.69, 9.17) is 0 Å². The first-order valence-electron chi connectivity index (χ1n) is 10.2. The van der Waals surface area contributed by atoms with Gasteiger partial charge in [0.05, 0.1) is 4.90 Å². The molecule has 3 aromatic carbocycles. The lowest BCUT2D eigenvalue weighted by Gasteiger charge is -2.26. The van der Waals surface area contributed by atoms with Crippen molar-refractivity contribution in [3.63, 3.8) is 0 Å². The first-order chi connectivity index (χ1) is 14.7. The average molecular weight is 437 g/mol. The topological polar surface area (TPSA) is 66.5 Å². The zero-order chi connectivity index (χ0) is 22.6. The van der Waals surface area contributed by atoms with Crippen molar-refractivity contribution in [1.82, 2.24) is 4.31 Å². The monoisotopic (exact) mass is 436 g/mol. The van der Waals surface area contributed by atoms with E-state index in [0.29, 0.717) is 5.56 Å². The highest BCUT2D eigenvalue weighted by Crippen LogP contribution is 2.22. The molecule has 3 aromatic rings. The normalized spacial score (nSPS) is 11.7. The number of rotatable bonds is 7. The Morgan fingerprint density at radius 2 is 1.58 bits per heavy atom. The van der Waals surface area contributed by atoms with Gasteiger partial charge in [-0.3, -0.25) is 4.79 Å². The average Bonchev–Trinajstić information content (AvgIpc) is 2.75. The molecule has 1 amide bonds. The second-order valence-corrected chi connectivity index (χ2v) is 9.82. The second-order valence-electron chi connectivity index (χ2n) is 7.93. The third-order valence-electron chi connectivity index (χ3n) is 5.12. The number of nitrogens with one attached hydrogen (secondary N) is 1. The highest BCUT2D eigenvalue weighted by Gasteiger charge is 2.27. The van der Waals surface area contributed by atoms with Crippen LogP contribution in [0.1, 0.15) is 40.9 Å². The number of anilines is 1. The van der Waals surface area contributed by atoms with E-state index >= 15 is 0 Å². The Hall–Kier alpha value is -2.96. The summed E-state index contributed by atoms with van der Waals surface area (Å²) in [7, 11) is -3.71. The van der Waals surface area contributed by atoms with Gasteiger partial charge in [0.15, 0.2) is 0 Å². The van der Waals surface area contributed by atoms with Crippen LogP contribution in [0.2, 0.25) is 0 Å². The number of amides is 1. The van der Waals surface area contributed by atoms with Crippen molar-refractivity contribution in [2.75, 3.05) is 5.32 Å². The second kappa shape index (κ2) is 9.45. The van der Waals surface area contributed by atoms with Crippen LogP contribution in [0, 0.1) is 13.8 Å². The molecule has 5 nitrogen and oxygen atoms in total. The van der Waals surface area contributed by atoms with Gasteiger partial charge in [0.1, 0.15) is 0 Å². The fraction of sp³-hybridized carbons (Fsp3) is 0.240. The molecule has 0 unspecified atom stereocenters. The Morgan fingerprint density at radius 3 is 2.19 bits per heavy atom. The number of aryl methyl sites for hydroxylation is 2. The molecule has 0 bridgehead atoms. The largest absolute Gasteiger partial charge is 0.322 e. The summed E-state index contributed by atoms with van der Waals surface area (Å²) in [5.41, 5.74) is 4.08. The van der Waals surface area contributed by atoms with Crippen molar-refractivity contribution in [3.8, 4) is 0 Å². The smallest absolute Gasteiger partial charge is 0.255 e. The molecule has 0 atom stereocenters. The van der Waals surface area contributed by atoms with Gasteiger partial charge in [-0.15, -0.1) is 0 Å². The lowest BCUT2D eigenvalue weighted by Crippen LogP contribution is -2.36. The van der Waals surface area contributed by atoms with Crippen LogP contribution in [0.15, 0.2) is 77.7 Å². The molecule has 0 radical (unpaired) electrons. The highest BCUT2D eigenvalue weighted by atomic mass is 32.2. The standard InChI is InChI=1S/C25H28N2O3S/c1-18(2)27(17-21-8-6-5-7-9-21)31(29,30)23-14-12-22(13-15-23)25(28)26-24-16-19(3)10-11-20(24)4/h5-16,18H,17H2,1-4H3,(H,26,28). The Bertz CT molecular complexity index is 1160. The molecular weight excluding hydrogens is 408 g/mol. The molecule has 0 spiro atoms. The van der Waals surface area contributed by atoms with Gasteiger partial charge in [-0.1, -0.05) is 42.5 Å². The molecule has 0 aliphatic heterocycles. The minimum absolute atomic E-state index is 0.167. The van der Waals surface area contributed by atoms with Crippen molar-refractivity contribution < 1.29 is 13.2 Å². The summed E-state index contributed by atoms with van der Waals surface area (Å²) in [6.07, 6.45) is 0. The maximum absolute atomic E-state index is 13.3. The van der Waals surface area contributed by atoms with Crippen LogP contribution in [-0.2, 0) is 16.6 Å². The molecule has 0 aromatic heterocycles. The third kappa shape index (κ3) is 5.40. The molecule has 1 N–H and O–H groups in total. The van der Waals surface area contributed by atoms with E-state index < -0.39 is 10.0 Å². The Balaban J connectivity index is 1.81. The fourth-order valence-corrected chi connectivity index (χ4v) is 4.91. The zero-order valence-electron chi connectivity index (χ0n) is 18.3. The fourth-order valence-electron chi connectivity index (χ4n) is 3.29. The molecule has 31 heavy (non-hydrogen) atoms. The number of carbonyl (C=O) groups excluding carboxylic acids is 1. The molecule has 0 fully saturated rings. The quantitative estimate of drug-likeness (QED) is 0.557. The van der Waals surface area contributed by atoms with Crippen molar-refractivity contribution in [1.29, 1.82) is 0 Å². The van der Waals surface area contributed by atoms with Crippen molar-refractivity contribution in [3.05, 3.63) is 95.1 Å². The van der Waals surface area contributed by atoms with Crippen LogP contribution in [0.25, 0.3) is 0 Å². The zero-order valence-corrected chi connectivity index (χ0v) is 19.1. The van der Waals surface area contributed by atoms with Gasteiger partial charge in [0.25, 0.3) is 5.91 Å². The van der Waals surface area contributed by atoms with E-state index in [1.54, 1.807) is 12.1 Å². The van der Waals surface area contributed by atoms with Gasteiger partial charge in [-0.25, -0.2) is 8.42 Å². The van der Waals surface area contributed by atoms with Crippen molar-refractivity contribution in [2.45, 2.75) is 45.2 Å². The maximum atomic E-state index is 13.3. The summed E-state index contributed by atoms with van der Waals surface area (Å²) in [5.74, 6) is -0.275. The molecule has 3 rings (SSSR count). The molecule has 0 aliphatic carbocycles. The summed E-state index contributed by atoms with van der Waals surface area (Å²) >= 11 is 0. The molecule has 6 heteroatoms. The van der Waals surface area contributed by atoms with E-state index in [1.807, 2.05) is 76.2 Å². The molecule has 162 valence electrons. The number of nitrogens with zero attached hydrogens (tertiary/aromatic N) is 1. The number of sulfonamides is 1. The first kappa shape index (κ1) is 22.7. The van der Waals surface area contributed by atoms with E-state index in [2.05, 4.69) is 5.32 Å². The first-order valence-corrected chi connectivity index (χ1v) is 11.7. The SMILES string of the molecule is Cc1ccc(C)c(NC(=O)c2ccc(S(=O)(=O)N(Cc3ccccc3)C(C)C)cc2)c1. The lowest BCUT2D eigenvalue weighted by molar-refractivity contribution is 0.102. The van der Waals surface area contributed by atoms with Gasteiger partial charge in [0.2, 0.25) is 10.0 Å². The third-order valence-corrected chi connectivity index (χ3v) is 7.16. The molecule has 0 aliphatic rings. The van der Waals surface area contributed by atoms with Gasteiger partial charge in [-0.05, 0) is 74.7 Å². The lowest BCUT2D eigenvalue weighted by atomic mass is 10.1. The minimum Gasteiger partial charge on any atom is -0.322 e. The van der Waals surface area contributed by atoms with Crippen LogP contribution in [0.3, 0.4) is 0 Å². The molecule has 0 saturated carbocycles. The minimum atomic E-state index is -3.71. The summed E-state index contributed by atoms with van der Waals surface area (Å²) in [6, 6.07) is 21.2. The highest BCUT2D eigenvalue weighted by molar-refractivity contribution is 7.89. The molecule has 0 heterocycles. The van der Waals surface area contributed by atoms with E-state index in [0.717, 1.165) is 22.4 Å². The van der Waals surface area contributed by atoms with Crippen molar-refractivity contribution >= 4 is 21.6 Å². The predicted molar refractivity (Wildman–Crippen MR) is 125 cm³/mol. The van der Waals surface area contributed by atoms with Gasteiger partial charge < -0.3 is 5.32 Å². The number of hydrogen-bond donors (Lipinski definition) is 1. The van der Waals surface area contributed by atoms with Crippen LogP contribution in [0.5, 0.6) is 0 Å².